The van der Waals surface area contributed by atoms with Gasteiger partial charge in [0.1, 0.15) is 11.6 Å². The highest BCUT2D eigenvalue weighted by Gasteiger charge is 2.33. The number of carbonyl (C=O) groups excluding carboxylic acids is 1. The van der Waals surface area contributed by atoms with E-state index in [1.165, 1.54) is 4.31 Å². The van der Waals surface area contributed by atoms with Crippen LogP contribution >= 0.6 is 0 Å². The van der Waals surface area contributed by atoms with Crippen LogP contribution in [0.5, 0.6) is 0 Å². The summed E-state index contributed by atoms with van der Waals surface area (Å²) in [6.07, 6.45) is 1.67. The molecule has 4 rings (SSSR count). The van der Waals surface area contributed by atoms with Gasteiger partial charge in [0.25, 0.3) is 0 Å². The van der Waals surface area contributed by atoms with Gasteiger partial charge in [0.15, 0.2) is 0 Å². The smallest absolute Gasteiger partial charge is 0.319 e. The van der Waals surface area contributed by atoms with E-state index < -0.39 is 10.0 Å². The fourth-order valence-corrected chi connectivity index (χ4v) is 5.43. The molecular formula is C19H26N6O3S. The van der Waals surface area contributed by atoms with Crippen LogP contribution in [0, 0.1) is 0 Å². The number of urea groups is 1. The van der Waals surface area contributed by atoms with E-state index in [1.807, 2.05) is 4.90 Å². The van der Waals surface area contributed by atoms with Crippen LogP contribution < -0.4 is 0 Å². The minimum Gasteiger partial charge on any atom is -0.331 e. The average molecular weight is 419 g/mol. The standard InChI is InChI=1S/C19H26N6O3S/c1-22(2)19(26)23-10-8-15(9-11-23)18-21-20-17-14-24(12-13-25(17)18)29(27,28)16-6-4-3-5-7-16/h3-7,15H,8-14H2,1-2H3. The minimum absolute atomic E-state index is 0.0356. The van der Waals surface area contributed by atoms with Crippen LogP contribution in [0.4, 0.5) is 4.79 Å². The molecule has 0 aliphatic carbocycles. The lowest BCUT2D eigenvalue weighted by Gasteiger charge is -2.34. The van der Waals surface area contributed by atoms with Gasteiger partial charge in [-0.2, -0.15) is 4.31 Å². The summed E-state index contributed by atoms with van der Waals surface area (Å²) in [7, 11) is -0.0170. The summed E-state index contributed by atoms with van der Waals surface area (Å²) in [5.74, 6) is 1.83. The Hall–Kier alpha value is -2.46. The molecule has 2 aliphatic heterocycles. The number of nitrogens with zero attached hydrogens (tertiary/aromatic N) is 6. The molecule has 0 unspecified atom stereocenters. The number of aromatic nitrogens is 3. The van der Waals surface area contributed by atoms with Crippen molar-refractivity contribution in [3.8, 4) is 0 Å². The highest BCUT2D eigenvalue weighted by molar-refractivity contribution is 7.89. The van der Waals surface area contributed by atoms with Crippen molar-refractivity contribution >= 4 is 16.1 Å². The van der Waals surface area contributed by atoms with E-state index in [1.54, 1.807) is 49.3 Å². The average Bonchev–Trinajstić information content (AvgIpc) is 3.17. The summed E-state index contributed by atoms with van der Waals surface area (Å²) >= 11 is 0. The van der Waals surface area contributed by atoms with Crippen LogP contribution in [-0.2, 0) is 23.1 Å². The van der Waals surface area contributed by atoms with E-state index in [4.69, 9.17) is 0 Å². The molecule has 0 radical (unpaired) electrons. The first kappa shape index (κ1) is 19.8. The number of sulfonamides is 1. The number of rotatable bonds is 3. The molecule has 1 aromatic carbocycles. The van der Waals surface area contributed by atoms with Crippen LogP contribution in [0.1, 0.15) is 30.4 Å². The van der Waals surface area contributed by atoms with E-state index in [-0.39, 0.29) is 18.5 Å². The Bertz CT molecular complexity index is 981. The summed E-state index contributed by atoms with van der Waals surface area (Å²) in [5, 5.41) is 8.68. The Morgan fingerprint density at radius 1 is 1.03 bits per heavy atom. The second kappa shape index (κ2) is 7.75. The first-order valence-corrected chi connectivity index (χ1v) is 11.3. The van der Waals surface area contributed by atoms with Crippen LogP contribution in [-0.4, -0.2) is 77.0 Å². The molecule has 10 heteroatoms. The number of amides is 2. The third-order valence-electron chi connectivity index (χ3n) is 5.64. The molecule has 2 amide bonds. The Morgan fingerprint density at radius 2 is 1.72 bits per heavy atom. The number of hydrogen-bond acceptors (Lipinski definition) is 5. The van der Waals surface area contributed by atoms with E-state index in [2.05, 4.69) is 14.8 Å². The molecule has 1 saturated heterocycles. The third kappa shape index (κ3) is 3.74. The fraction of sp³-hybridized carbons (Fsp3) is 0.526. The Morgan fingerprint density at radius 3 is 2.38 bits per heavy atom. The molecule has 0 N–H and O–H groups in total. The van der Waals surface area contributed by atoms with Gasteiger partial charge in [-0.15, -0.1) is 10.2 Å². The van der Waals surface area contributed by atoms with Crippen LogP contribution in [0.2, 0.25) is 0 Å². The Kier molecular flexibility index (Phi) is 5.30. The van der Waals surface area contributed by atoms with Crippen LogP contribution in [0.25, 0.3) is 0 Å². The number of benzene rings is 1. The molecular weight excluding hydrogens is 392 g/mol. The van der Waals surface area contributed by atoms with Crippen molar-refractivity contribution in [2.75, 3.05) is 33.7 Å². The normalized spacial score (nSPS) is 18.5. The zero-order chi connectivity index (χ0) is 20.6. The SMILES string of the molecule is CN(C)C(=O)N1CCC(c2nnc3n2CCN(S(=O)(=O)c2ccccc2)C3)CC1. The van der Waals surface area contributed by atoms with Gasteiger partial charge in [-0.05, 0) is 25.0 Å². The molecule has 3 heterocycles. The molecule has 0 spiro atoms. The lowest BCUT2D eigenvalue weighted by atomic mass is 9.96. The lowest BCUT2D eigenvalue weighted by Crippen LogP contribution is -2.44. The zero-order valence-electron chi connectivity index (χ0n) is 16.7. The molecule has 0 atom stereocenters. The van der Waals surface area contributed by atoms with E-state index >= 15 is 0 Å². The summed E-state index contributed by atoms with van der Waals surface area (Å²) < 4.78 is 29.3. The van der Waals surface area contributed by atoms with Crippen LogP contribution in [0.3, 0.4) is 0 Å². The number of piperidine rings is 1. The van der Waals surface area contributed by atoms with Gasteiger partial charge in [0.2, 0.25) is 10.0 Å². The summed E-state index contributed by atoms with van der Waals surface area (Å²) in [4.78, 5) is 15.9. The fourth-order valence-electron chi connectivity index (χ4n) is 4.02. The van der Waals surface area contributed by atoms with Crippen LogP contribution in [0.15, 0.2) is 35.2 Å². The first-order valence-electron chi connectivity index (χ1n) is 9.81. The van der Waals surface area contributed by atoms with Crippen molar-refractivity contribution in [2.24, 2.45) is 0 Å². The van der Waals surface area contributed by atoms with Gasteiger partial charge in [0.05, 0.1) is 11.4 Å². The van der Waals surface area contributed by atoms with Gasteiger partial charge in [-0.25, -0.2) is 13.2 Å². The molecule has 1 aromatic heterocycles. The molecule has 1 fully saturated rings. The molecule has 2 aromatic rings. The van der Waals surface area contributed by atoms with E-state index in [9.17, 15) is 13.2 Å². The molecule has 0 bridgehead atoms. The van der Waals surface area contributed by atoms with E-state index in [0.717, 1.165) is 18.7 Å². The maximum absolute atomic E-state index is 12.9. The van der Waals surface area contributed by atoms with Crippen molar-refractivity contribution in [3.05, 3.63) is 42.0 Å². The highest BCUT2D eigenvalue weighted by Crippen LogP contribution is 2.30. The topological polar surface area (TPSA) is 91.6 Å². The Balaban J connectivity index is 1.46. The van der Waals surface area contributed by atoms with Crippen molar-refractivity contribution in [1.82, 2.24) is 28.9 Å². The highest BCUT2D eigenvalue weighted by atomic mass is 32.2. The number of likely N-dealkylation sites (tertiary alicyclic amines) is 1. The van der Waals surface area contributed by atoms with E-state index in [0.29, 0.717) is 36.9 Å². The molecule has 0 saturated carbocycles. The maximum atomic E-state index is 12.9. The summed E-state index contributed by atoms with van der Waals surface area (Å²) in [5.41, 5.74) is 0. The summed E-state index contributed by atoms with van der Waals surface area (Å²) in [6.45, 7) is 2.55. The monoisotopic (exact) mass is 418 g/mol. The quantitative estimate of drug-likeness (QED) is 0.750. The third-order valence-corrected chi connectivity index (χ3v) is 7.50. The molecule has 2 aliphatic rings. The van der Waals surface area contributed by atoms with Crippen molar-refractivity contribution in [2.45, 2.75) is 36.7 Å². The second-order valence-corrected chi connectivity index (χ2v) is 9.65. The summed E-state index contributed by atoms with van der Waals surface area (Å²) in [6, 6.07) is 8.52. The number of fused-ring (bicyclic) bond motifs is 1. The Labute approximate surface area is 171 Å². The van der Waals surface area contributed by atoms with Crippen molar-refractivity contribution in [1.29, 1.82) is 0 Å². The second-order valence-electron chi connectivity index (χ2n) is 7.72. The van der Waals surface area contributed by atoms with Gasteiger partial charge >= 0.3 is 6.03 Å². The number of hydrogen-bond donors (Lipinski definition) is 0. The van der Waals surface area contributed by atoms with Gasteiger partial charge < -0.3 is 14.4 Å². The molecule has 156 valence electrons. The number of carbonyl (C=O) groups is 1. The van der Waals surface area contributed by atoms with Crippen molar-refractivity contribution in [3.63, 3.8) is 0 Å². The predicted octanol–water partition coefficient (Wildman–Crippen LogP) is 1.34. The van der Waals surface area contributed by atoms with Gasteiger partial charge in [-0.3, -0.25) is 0 Å². The van der Waals surface area contributed by atoms with Gasteiger partial charge in [-0.1, -0.05) is 18.2 Å². The van der Waals surface area contributed by atoms with Crippen molar-refractivity contribution < 1.29 is 13.2 Å². The minimum atomic E-state index is -3.54. The van der Waals surface area contributed by atoms with Gasteiger partial charge in [0, 0.05) is 46.2 Å². The molecule has 29 heavy (non-hydrogen) atoms. The lowest BCUT2D eigenvalue weighted by molar-refractivity contribution is 0.155. The zero-order valence-corrected chi connectivity index (χ0v) is 17.5. The molecule has 9 nitrogen and oxygen atoms in total. The maximum Gasteiger partial charge on any atom is 0.319 e. The largest absolute Gasteiger partial charge is 0.331 e. The predicted molar refractivity (Wildman–Crippen MR) is 107 cm³/mol. The first-order chi connectivity index (χ1) is 13.9.